The molecule has 0 radical (unpaired) electrons. The van der Waals surface area contributed by atoms with Crippen LogP contribution < -0.4 is 0 Å². The zero-order chi connectivity index (χ0) is 18.2. The quantitative estimate of drug-likeness (QED) is 0.500. The molecule has 0 saturated heterocycles. The molecule has 0 amide bonds. The number of rotatable bonds is 12. The average Bonchev–Trinajstić information content (AvgIpc) is 2.44. The normalized spacial score (nSPS) is 16.1. The van der Waals surface area contributed by atoms with E-state index in [0.717, 1.165) is 13.3 Å². The highest BCUT2D eigenvalue weighted by atomic mass is 16.4. The first-order valence-electron chi connectivity index (χ1n) is 7.86. The minimum absolute atomic E-state index is 0.107. The number of unbranched alkanes of at least 4 members (excludes halogenated alkanes) is 1. The lowest BCUT2D eigenvalue weighted by atomic mass is 9.73. The number of carboxylic acid groups (broad SMARTS) is 3. The largest absolute Gasteiger partial charge is 0.481 e. The maximum absolute atomic E-state index is 11.9. The Kier molecular flexibility index (Phi) is 9.14. The molecule has 4 unspecified atom stereocenters. The van der Waals surface area contributed by atoms with Gasteiger partial charge in [-0.2, -0.15) is 0 Å². The molecule has 0 aliphatic heterocycles. The van der Waals surface area contributed by atoms with Gasteiger partial charge in [0.2, 0.25) is 0 Å². The summed E-state index contributed by atoms with van der Waals surface area (Å²) in [4.78, 5) is 46.1. The Labute approximate surface area is 135 Å². The molecule has 0 saturated carbocycles. The number of ketones is 1. The molecule has 7 nitrogen and oxygen atoms in total. The first-order valence-corrected chi connectivity index (χ1v) is 7.86. The van der Waals surface area contributed by atoms with E-state index < -0.39 is 47.4 Å². The lowest BCUT2D eigenvalue weighted by molar-refractivity contribution is -0.155. The Morgan fingerprint density at radius 3 is 1.70 bits per heavy atom. The van der Waals surface area contributed by atoms with Gasteiger partial charge in [0.05, 0.1) is 17.8 Å². The van der Waals surface area contributed by atoms with Crippen LogP contribution in [-0.4, -0.2) is 39.0 Å². The SMILES string of the molecule is CCCCC(CC(C(=O)O)C(C(C)=O)C(CC)C(=O)O)C(=O)O. The van der Waals surface area contributed by atoms with Crippen LogP contribution in [0.4, 0.5) is 0 Å². The molecule has 0 aliphatic rings. The van der Waals surface area contributed by atoms with Crippen molar-refractivity contribution < 1.29 is 34.5 Å². The standard InChI is InChI=1S/C16H26O7/c1-4-6-7-10(14(18)19)8-12(16(22)23)13(9(3)17)11(5-2)15(20)21/h10-13H,4-8H2,1-3H3,(H,18,19)(H,20,21)(H,22,23). The summed E-state index contributed by atoms with van der Waals surface area (Å²) in [5, 5.41) is 27.9. The summed E-state index contributed by atoms with van der Waals surface area (Å²) >= 11 is 0. The van der Waals surface area contributed by atoms with E-state index in [1.165, 1.54) is 0 Å². The van der Waals surface area contributed by atoms with Crippen LogP contribution in [0.25, 0.3) is 0 Å². The van der Waals surface area contributed by atoms with Gasteiger partial charge in [-0.15, -0.1) is 0 Å². The molecule has 4 atom stereocenters. The van der Waals surface area contributed by atoms with Crippen molar-refractivity contribution in [2.75, 3.05) is 0 Å². The highest BCUT2D eigenvalue weighted by molar-refractivity contribution is 5.89. The molecule has 3 N–H and O–H groups in total. The third-order valence-electron chi connectivity index (χ3n) is 4.20. The third kappa shape index (κ3) is 6.38. The average molecular weight is 330 g/mol. The molecular formula is C16H26O7. The maximum Gasteiger partial charge on any atom is 0.307 e. The van der Waals surface area contributed by atoms with E-state index in [2.05, 4.69) is 0 Å². The van der Waals surface area contributed by atoms with Crippen molar-refractivity contribution in [2.45, 2.75) is 52.9 Å². The van der Waals surface area contributed by atoms with Crippen molar-refractivity contribution in [3.8, 4) is 0 Å². The molecule has 23 heavy (non-hydrogen) atoms. The summed E-state index contributed by atoms with van der Waals surface area (Å²) in [6.07, 6.45) is 1.58. The highest BCUT2D eigenvalue weighted by Crippen LogP contribution is 2.32. The van der Waals surface area contributed by atoms with Crippen LogP contribution in [0.2, 0.25) is 0 Å². The Bertz CT molecular complexity index is 444. The maximum atomic E-state index is 11.9. The van der Waals surface area contributed by atoms with Crippen molar-refractivity contribution in [1.29, 1.82) is 0 Å². The Morgan fingerprint density at radius 2 is 1.39 bits per heavy atom. The summed E-state index contributed by atoms with van der Waals surface area (Å²) in [7, 11) is 0. The van der Waals surface area contributed by atoms with Crippen molar-refractivity contribution >= 4 is 23.7 Å². The van der Waals surface area contributed by atoms with Crippen LogP contribution in [0.15, 0.2) is 0 Å². The minimum Gasteiger partial charge on any atom is -0.481 e. The van der Waals surface area contributed by atoms with Crippen LogP contribution >= 0.6 is 0 Å². The topological polar surface area (TPSA) is 129 Å². The molecule has 0 fully saturated rings. The van der Waals surface area contributed by atoms with Gasteiger partial charge < -0.3 is 15.3 Å². The molecule has 0 spiro atoms. The Balaban J connectivity index is 5.53. The summed E-state index contributed by atoms with van der Waals surface area (Å²) < 4.78 is 0. The van der Waals surface area contributed by atoms with E-state index >= 15 is 0 Å². The molecule has 0 heterocycles. The van der Waals surface area contributed by atoms with E-state index in [1.54, 1.807) is 6.92 Å². The first kappa shape index (κ1) is 21.1. The summed E-state index contributed by atoms with van der Waals surface area (Å²) in [6.45, 7) is 4.62. The van der Waals surface area contributed by atoms with E-state index in [4.69, 9.17) is 0 Å². The van der Waals surface area contributed by atoms with Gasteiger partial charge in [-0.25, -0.2) is 0 Å². The first-order chi connectivity index (χ1) is 10.7. The van der Waals surface area contributed by atoms with Crippen molar-refractivity contribution in [3.63, 3.8) is 0 Å². The van der Waals surface area contributed by atoms with Crippen LogP contribution in [0.3, 0.4) is 0 Å². The number of carbonyl (C=O) groups excluding carboxylic acids is 1. The fourth-order valence-corrected chi connectivity index (χ4v) is 2.93. The lowest BCUT2D eigenvalue weighted by Gasteiger charge is -2.28. The van der Waals surface area contributed by atoms with Gasteiger partial charge in [0.1, 0.15) is 5.78 Å². The number of Topliss-reactive ketones (excluding diaryl/α,β-unsaturated/α-hetero) is 1. The van der Waals surface area contributed by atoms with Gasteiger partial charge in [-0.3, -0.25) is 19.2 Å². The highest BCUT2D eigenvalue weighted by Gasteiger charge is 2.42. The molecule has 7 heteroatoms. The molecule has 132 valence electrons. The predicted molar refractivity (Wildman–Crippen MR) is 82.0 cm³/mol. The second-order valence-corrected chi connectivity index (χ2v) is 5.85. The van der Waals surface area contributed by atoms with Gasteiger partial charge >= 0.3 is 17.9 Å². The summed E-state index contributed by atoms with van der Waals surface area (Å²) in [6, 6.07) is 0. The predicted octanol–water partition coefficient (Wildman–Crippen LogP) is 2.28. The number of aliphatic carboxylic acids is 3. The van der Waals surface area contributed by atoms with Crippen LogP contribution in [0, 0.1) is 23.7 Å². The fourth-order valence-electron chi connectivity index (χ4n) is 2.93. The second-order valence-electron chi connectivity index (χ2n) is 5.85. The van der Waals surface area contributed by atoms with E-state index in [9.17, 15) is 34.5 Å². The van der Waals surface area contributed by atoms with Crippen LogP contribution in [0.5, 0.6) is 0 Å². The lowest BCUT2D eigenvalue weighted by Crippen LogP contribution is -2.39. The van der Waals surface area contributed by atoms with Crippen molar-refractivity contribution in [3.05, 3.63) is 0 Å². The van der Waals surface area contributed by atoms with Gasteiger partial charge in [0, 0.05) is 5.92 Å². The molecule has 0 aliphatic carbocycles. The van der Waals surface area contributed by atoms with Gasteiger partial charge in [-0.05, 0) is 26.2 Å². The van der Waals surface area contributed by atoms with Gasteiger partial charge in [0.15, 0.2) is 0 Å². The van der Waals surface area contributed by atoms with Crippen LogP contribution in [-0.2, 0) is 19.2 Å². The second kappa shape index (κ2) is 9.97. The fraction of sp³-hybridized carbons (Fsp3) is 0.750. The van der Waals surface area contributed by atoms with E-state index in [1.807, 2.05) is 6.92 Å². The van der Waals surface area contributed by atoms with Gasteiger partial charge in [0.25, 0.3) is 0 Å². The summed E-state index contributed by atoms with van der Waals surface area (Å²) in [5.41, 5.74) is 0. The third-order valence-corrected chi connectivity index (χ3v) is 4.20. The van der Waals surface area contributed by atoms with Gasteiger partial charge in [-0.1, -0.05) is 26.7 Å². The van der Waals surface area contributed by atoms with E-state index in [0.29, 0.717) is 12.8 Å². The monoisotopic (exact) mass is 330 g/mol. The number of hydrogen-bond donors (Lipinski definition) is 3. The van der Waals surface area contributed by atoms with Crippen molar-refractivity contribution in [1.82, 2.24) is 0 Å². The molecule has 0 aromatic rings. The summed E-state index contributed by atoms with van der Waals surface area (Å²) in [5.74, 6) is -8.78. The smallest absolute Gasteiger partial charge is 0.307 e. The number of carbonyl (C=O) groups is 4. The Hall–Kier alpha value is -1.92. The van der Waals surface area contributed by atoms with Crippen LogP contribution in [0.1, 0.15) is 52.9 Å². The molecule has 0 rings (SSSR count). The number of hydrogen-bond acceptors (Lipinski definition) is 4. The number of carboxylic acids is 3. The molecule has 0 aromatic heterocycles. The molecule has 0 aromatic carbocycles. The molecular weight excluding hydrogens is 304 g/mol. The minimum atomic E-state index is -1.33. The zero-order valence-corrected chi connectivity index (χ0v) is 13.8. The Morgan fingerprint density at radius 1 is 0.870 bits per heavy atom. The molecule has 0 bridgehead atoms. The zero-order valence-electron chi connectivity index (χ0n) is 13.8. The van der Waals surface area contributed by atoms with Crippen molar-refractivity contribution in [2.24, 2.45) is 23.7 Å². The van der Waals surface area contributed by atoms with E-state index in [-0.39, 0.29) is 12.8 Å².